The van der Waals surface area contributed by atoms with Crippen molar-refractivity contribution in [1.82, 2.24) is 19.3 Å². The Morgan fingerprint density at radius 3 is 2.78 bits per heavy atom. The van der Waals surface area contributed by atoms with Crippen molar-refractivity contribution in [3.05, 3.63) is 76.9 Å². The number of benzene rings is 2. The molecule has 1 N–H and O–H groups in total. The summed E-state index contributed by atoms with van der Waals surface area (Å²) in [6, 6.07) is 7.33. The van der Waals surface area contributed by atoms with E-state index in [1.165, 1.54) is 43.3 Å². The highest BCUT2D eigenvalue weighted by Gasteiger charge is 2.32. The van der Waals surface area contributed by atoms with E-state index < -0.39 is 17.4 Å². The first-order chi connectivity index (χ1) is 17.7. The molecule has 0 fully saturated rings. The molecule has 2 aromatic carbocycles. The van der Waals surface area contributed by atoms with Crippen LogP contribution in [0.2, 0.25) is 0 Å². The third kappa shape index (κ3) is 4.06. The minimum absolute atomic E-state index is 0.0260. The van der Waals surface area contributed by atoms with Crippen molar-refractivity contribution in [1.29, 1.82) is 0 Å². The van der Waals surface area contributed by atoms with E-state index >= 15 is 0 Å². The van der Waals surface area contributed by atoms with Gasteiger partial charge >= 0.3 is 0 Å². The molecule has 10 heteroatoms. The molecule has 190 valence electrons. The van der Waals surface area contributed by atoms with E-state index in [4.69, 9.17) is 4.74 Å². The second-order valence-corrected chi connectivity index (χ2v) is 9.94. The first-order valence-corrected chi connectivity index (χ1v) is 12.0. The molecule has 7 nitrogen and oxygen atoms in total. The largest absolute Gasteiger partial charge is 0.493 e. The first kappa shape index (κ1) is 23.3. The zero-order valence-corrected chi connectivity index (χ0v) is 20.3. The number of nitrogens with zero attached hydrogens (tertiary/aromatic N) is 4. The number of aromatic nitrogens is 3. The van der Waals surface area contributed by atoms with Crippen LogP contribution < -0.4 is 10.1 Å². The number of alkyl halides is 1. The van der Waals surface area contributed by atoms with Crippen LogP contribution in [-0.4, -0.2) is 44.0 Å². The maximum Gasteiger partial charge on any atom is 0.275 e. The van der Waals surface area contributed by atoms with Gasteiger partial charge in [-0.2, -0.15) is 0 Å². The molecule has 37 heavy (non-hydrogen) atoms. The lowest BCUT2D eigenvalue weighted by Gasteiger charge is -2.29. The Kier molecular flexibility index (Phi) is 5.36. The number of rotatable bonds is 5. The van der Waals surface area contributed by atoms with Gasteiger partial charge in [0, 0.05) is 42.4 Å². The second kappa shape index (κ2) is 8.50. The molecule has 6 rings (SSSR count). The molecule has 0 saturated carbocycles. The highest BCUT2D eigenvalue weighted by Crippen LogP contribution is 2.36. The molecular weight excluding hydrogens is 483 g/mol. The number of hydrogen-bond acceptors (Lipinski definition) is 5. The summed E-state index contributed by atoms with van der Waals surface area (Å²) in [4.78, 5) is 23.8. The van der Waals surface area contributed by atoms with E-state index in [0.29, 0.717) is 52.5 Å². The molecule has 0 atom stereocenters. The van der Waals surface area contributed by atoms with Gasteiger partial charge in [0.15, 0.2) is 5.69 Å². The topological polar surface area (TPSA) is 71.8 Å². The van der Waals surface area contributed by atoms with Gasteiger partial charge in [0.25, 0.3) is 5.91 Å². The Balaban J connectivity index is 1.46. The SMILES string of the molecule is CC(C)(F)CN1Cc2cc(F)ccc2-c2cnc(NCc3c(F)ccc4c3CCO4)n3cnc(c23)C1=O. The molecule has 0 aliphatic carbocycles. The van der Waals surface area contributed by atoms with Gasteiger partial charge in [-0.1, -0.05) is 6.07 Å². The number of carbonyl (C=O) groups is 1. The van der Waals surface area contributed by atoms with E-state index in [1.807, 2.05) is 0 Å². The fourth-order valence-electron chi connectivity index (χ4n) is 5.14. The number of amides is 1. The molecule has 0 spiro atoms. The number of hydrogen-bond donors (Lipinski definition) is 1. The van der Waals surface area contributed by atoms with Gasteiger partial charge in [-0.3, -0.25) is 9.20 Å². The molecule has 4 heterocycles. The Morgan fingerprint density at radius 1 is 1.14 bits per heavy atom. The lowest BCUT2D eigenvalue weighted by atomic mass is 9.96. The fraction of sp³-hybridized carbons (Fsp3) is 0.296. The summed E-state index contributed by atoms with van der Waals surface area (Å²) >= 11 is 0. The highest BCUT2D eigenvalue weighted by molar-refractivity contribution is 6.04. The van der Waals surface area contributed by atoms with Gasteiger partial charge in [-0.25, -0.2) is 23.1 Å². The predicted molar refractivity (Wildman–Crippen MR) is 131 cm³/mol. The predicted octanol–water partition coefficient (Wildman–Crippen LogP) is 4.93. The number of nitrogens with one attached hydrogen (secondary N) is 1. The summed E-state index contributed by atoms with van der Waals surface area (Å²) in [5.41, 5.74) is 2.04. The summed E-state index contributed by atoms with van der Waals surface area (Å²) in [6.07, 6.45) is 3.67. The van der Waals surface area contributed by atoms with Crippen molar-refractivity contribution in [3.8, 4) is 16.9 Å². The Hall–Kier alpha value is -4.08. The summed E-state index contributed by atoms with van der Waals surface area (Å²) in [6.45, 7) is 3.26. The lowest BCUT2D eigenvalue weighted by Crippen LogP contribution is -2.40. The van der Waals surface area contributed by atoms with Crippen molar-refractivity contribution >= 4 is 17.4 Å². The molecule has 2 aliphatic heterocycles. The highest BCUT2D eigenvalue weighted by atomic mass is 19.1. The van der Waals surface area contributed by atoms with Crippen LogP contribution in [-0.2, 0) is 19.5 Å². The van der Waals surface area contributed by atoms with Crippen LogP contribution in [0.15, 0.2) is 42.9 Å². The third-order valence-corrected chi connectivity index (χ3v) is 6.71. The third-order valence-electron chi connectivity index (χ3n) is 6.71. The van der Waals surface area contributed by atoms with Crippen LogP contribution in [0, 0.1) is 11.6 Å². The van der Waals surface area contributed by atoms with E-state index in [1.54, 1.807) is 22.7 Å². The quantitative estimate of drug-likeness (QED) is 0.415. The van der Waals surface area contributed by atoms with Crippen LogP contribution in [0.4, 0.5) is 19.1 Å². The van der Waals surface area contributed by atoms with Crippen LogP contribution >= 0.6 is 0 Å². The molecule has 2 aliphatic rings. The number of anilines is 1. The van der Waals surface area contributed by atoms with Gasteiger partial charge in [0.1, 0.15) is 29.4 Å². The minimum atomic E-state index is -1.67. The molecule has 2 aromatic heterocycles. The Morgan fingerprint density at radius 2 is 1.97 bits per heavy atom. The summed E-state index contributed by atoms with van der Waals surface area (Å²) in [5.74, 6) is -0.248. The maximum atomic E-state index is 14.7. The standard InChI is InChI=1S/C27H24F3N5O2/c1-27(2,30)13-34-12-15-9-16(28)3-4-17(15)20-11-32-26(35-14-33-23(24(20)35)25(34)36)31-10-19-18-7-8-37-22(18)6-5-21(19)29/h3-6,9,11,14H,7-8,10,12-13H2,1-2H3,(H,31,32). The molecule has 0 unspecified atom stereocenters. The summed E-state index contributed by atoms with van der Waals surface area (Å²) in [5, 5.41) is 3.17. The lowest BCUT2D eigenvalue weighted by molar-refractivity contribution is 0.0607. The molecular formula is C27H24F3N5O2. The normalized spacial score (nSPS) is 14.7. The summed E-state index contributed by atoms with van der Waals surface area (Å²) in [7, 11) is 0. The van der Waals surface area contributed by atoms with Crippen molar-refractivity contribution in [3.63, 3.8) is 0 Å². The zero-order chi connectivity index (χ0) is 25.9. The zero-order valence-electron chi connectivity index (χ0n) is 20.3. The molecule has 0 radical (unpaired) electrons. The second-order valence-electron chi connectivity index (χ2n) is 9.94. The van der Waals surface area contributed by atoms with E-state index in [0.717, 1.165) is 5.56 Å². The molecule has 4 aromatic rings. The number of fused-ring (bicyclic) bond motifs is 3. The van der Waals surface area contributed by atoms with Crippen LogP contribution in [0.3, 0.4) is 0 Å². The molecule has 1 amide bonds. The average molecular weight is 508 g/mol. The number of ether oxygens (including phenoxy) is 1. The van der Waals surface area contributed by atoms with E-state index in [9.17, 15) is 18.0 Å². The fourth-order valence-corrected chi connectivity index (χ4v) is 5.14. The van der Waals surface area contributed by atoms with E-state index in [2.05, 4.69) is 15.3 Å². The van der Waals surface area contributed by atoms with Gasteiger partial charge < -0.3 is 15.0 Å². The van der Waals surface area contributed by atoms with Crippen molar-refractivity contribution in [2.45, 2.75) is 39.0 Å². The van der Waals surface area contributed by atoms with Crippen molar-refractivity contribution < 1.29 is 22.7 Å². The van der Waals surface area contributed by atoms with E-state index in [-0.39, 0.29) is 31.1 Å². The number of imidazole rings is 1. The van der Waals surface area contributed by atoms with Gasteiger partial charge in [-0.05, 0) is 49.2 Å². The average Bonchev–Trinajstić information content (AvgIpc) is 3.49. The summed E-state index contributed by atoms with van der Waals surface area (Å²) < 4.78 is 50.7. The van der Waals surface area contributed by atoms with Crippen molar-refractivity contribution in [2.75, 3.05) is 18.5 Å². The smallest absolute Gasteiger partial charge is 0.275 e. The van der Waals surface area contributed by atoms with Crippen LogP contribution in [0.5, 0.6) is 5.75 Å². The van der Waals surface area contributed by atoms with Gasteiger partial charge in [-0.15, -0.1) is 0 Å². The van der Waals surface area contributed by atoms with Crippen LogP contribution in [0.25, 0.3) is 16.6 Å². The van der Waals surface area contributed by atoms with Crippen molar-refractivity contribution in [2.24, 2.45) is 0 Å². The number of halogens is 3. The molecule has 0 bridgehead atoms. The van der Waals surface area contributed by atoms with Gasteiger partial charge in [0.05, 0.1) is 18.7 Å². The molecule has 0 saturated heterocycles. The maximum absolute atomic E-state index is 14.7. The minimum Gasteiger partial charge on any atom is -0.493 e. The monoisotopic (exact) mass is 507 g/mol. The Bertz CT molecular complexity index is 1560. The number of carbonyl (C=O) groups excluding carboxylic acids is 1. The van der Waals surface area contributed by atoms with Gasteiger partial charge in [0.2, 0.25) is 5.95 Å². The van der Waals surface area contributed by atoms with Crippen LogP contribution in [0.1, 0.15) is 41.0 Å². The Labute approximate surface area is 210 Å². The first-order valence-electron chi connectivity index (χ1n) is 12.0.